The minimum Gasteiger partial charge on any atom is -0.482 e. The molecule has 0 saturated heterocycles. The van der Waals surface area contributed by atoms with Crippen LogP contribution in [0.1, 0.15) is 6.92 Å². The fourth-order valence-electron chi connectivity index (χ4n) is 0.107. The summed E-state index contributed by atoms with van der Waals surface area (Å²) >= 11 is 0.854. The molecule has 0 aromatic rings. The van der Waals surface area contributed by atoms with Gasteiger partial charge in [-0.15, -0.1) is 0 Å². The Kier molecular flexibility index (Phi) is 12.4. The Morgan fingerprint density at radius 2 is 2.38 bits per heavy atom. The van der Waals surface area contributed by atoms with Gasteiger partial charge in [-0.2, -0.15) is 0 Å². The zero-order valence-corrected chi connectivity index (χ0v) is 8.78. The molecule has 0 spiro atoms. The first-order valence-electron chi connectivity index (χ1n) is 1.77. The third kappa shape index (κ3) is 10.3. The molecule has 8 heavy (non-hydrogen) atoms. The summed E-state index contributed by atoms with van der Waals surface area (Å²) in [7, 11) is 0. The minimum absolute atomic E-state index is 0. The summed E-state index contributed by atoms with van der Waals surface area (Å²) in [5.74, 6) is 0.619. The molecule has 0 saturated carbocycles. The van der Waals surface area contributed by atoms with Gasteiger partial charge in [0.05, 0.1) is 0 Å². The Morgan fingerprint density at radius 3 is 2.50 bits per heavy atom. The fraction of sp³-hybridized carbons (Fsp3) is 0.667. The molecule has 0 aliphatic carbocycles. The summed E-state index contributed by atoms with van der Waals surface area (Å²) in [4.78, 5) is 9.40. The van der Waals surface area contributed by atoms with E-state index in [1.165, 1.54) is 0 Å². The quantitative estimate of drug-likeness (QED) is 0.319. The summed E-state index contributed by atoms with van der Waals surface area (Å²) in [6.45, 7) is 1.79. The summed E-state index contributed by atoms with van der Waals surface area (Å²) in [6.07, 6.45) is -1.48. The van der Waals surface area contributed by atoms with Gasteiger partial charge in [0, 0.05) is 5.75 Å². The van der Waals surface area contributed by atoms with Gasteiger partial charge in [-0.25, -0.2) is 0 Å². The first-order valence-corrected chi connectivity index (χ1v) is 2.69. The van der Waals surface area contributed by atoms with Crippen LogP contribution in [0.2, 0.25) is 0 Å². The van der Waals surface area contributed by atoms with E-state index >= 15 is 0 Å². The predicted octanol–water partition coefficient (Wildman–Crippen LogP) is -2.98. The van der Waals surface area contributed by atoms with Crippen LogP contribution in [0.5, 0.6) is 0 Å². The van der Waals surface area contributed by atoms with Crippen molar-refractivity contribution in [2.24, 2.45) is 0 Å². The number of carbonyl (C=O) groups is 1. The molecule has 0 bridgehead atoms. The van der Waals surface area contributed by atoms with Crippen LogP contribution >= 0.6 is 12.0 Å². The van der Waals surface area contributed by atoms with Crippen molar-refractivity contribution in [3.8, 4) is 0 Å². The van der Waals surface area contributed by atoms with Gasteiger partial charge < -0.3 is 14.1 Å². The smallest absolute Gasteiger partial charge is 0.482 e. The van der Waals surface area contributed by atoms with Gasteiger partial charge in [-0.05, 0) is 12.0 Å². The average Bonchev–Trinajstić information content (AvgIpc) is 1.61. The maximum Gasteiger partial charge on any atom is 1.00 e. The Labute approximate surface area is 94.8 Å². The van der Waals surface area contributed by atoms with Gasteiger partial charge in [0.1, 0.15) is 0 Å². The molecular formula is C3H5KO3S. The summed E-state index contributed by atoms with van der Waals surface area (Å²) in [6, 6.07) is 0. The van der Waals surface area contributed by atoms with Crippen LogP contribution in [-0.2, 0) is 4.18 Å². The van der Waals surface area contributed by atoms with Gasteiger partial charge in [-0.1, -0.05) is 6.92 Å². The van der Waals surface area contributed by atoms with Crippen molar-refractivity contribution in [2.45, 2.75) is 6.92 Å². The van der Waals surface area contributed by atoms with E-state index in [1.807, 2.05) is 0 Å². The molecule has 0 aromatic heterocycles. The first-order chi connectivity index (χ1) is 3.27. The zero-order valence-electron chi connectivity index (χ0n) is 4.84. The fourth-order valence-corrected chi connectivity index (χ4v) is 0.321. The van der Waals surface area contributed by atoms with Gasteiger partial charge >= 0.3 is 51.4 Å². The Morgan fingerprint density at radius 1 is 1.88 bits per heavy atom. The van der Waals surface area contributed by atoms with E-state index in [0.29, 0.717) is 5.75 Å². The van der Waals surface area contributed by atoms with Crippen molar-refractivity contribution in [1.29, 1.82) is 0 Å². The normalized spacial score (nSPS) is 7.12. The van der Waals surface area contributed by atoms with Crippen molar-refractivity contribution in [3.63, 3.8) is 0 Å². The van der Waals surface area contributed by atoms with Crippen LogP contribution in [-0.4, -0.2) is 11.9 Å². The van der Waals surface area contributed by atoms with Crippen LogP contribution in [0.3, 0.4) is 0 Å². The van der Waals surface area contributed by atoms with E-state index in [0.717, 1.165) is 12.0 Å². The number of carboxylic acid groups (broad SMARTS) is 1. The maximum absolute atomic E-state index is 9.40. The summed E-state index contributed by atoms with van der Waals surface area (Å²) in [5, 5.41) is 9.40. The molecule has 0 unspecified atom stereocenters. The van der Waals surface area contributed by atoms with Gasteiger partial charge in [0.15, 0.2) is 0 Å². The number of hydrogen-bond acceptors (Lipinski definition) is 4. The second kappa shape index (κ2) is 8.26. The standard InChI is InChI=1S/C3H6O3S.K/c1-2-7-6-3(4)5;/h2H2,1H3,(H,4,5);/q;+1/p-1. The molecule has 0 radical (unpaired) electrons. The molecular weight excluding hydrogens is 155 g/mol. The van der Waals surface area contributed by atoms with Crippen molar-refractivity contribution >= 4 is 18.2 Å². The summed E-state index contributed by atoms with van der Waals surface area (Å²) in [5.41, 5.74) is 0. The monoisotopic (exact) mass is 160 g/mol. The number of carbonyl (C=O) groups excluding carboxylic acids is 1. The van der Waals surface area contributed by atoms with E-state index in [9.17, 15) is 9.90 Å². The largest absolute Gasteiger partial charge is 1.00 e. The van der Waals surface area contributed by atoms with Crippen LogP contribution in [0.25, 0.3) is 0 Å². The average molecular weight is 160 g/mol. The van der Waals surface area contributed by atoms with Gasteiger partial charge in [-0.3, -0.25) is 0 Å². The molecule has 0 aromatic carbocycles. The molecule has 0 aliphatic heterocycles. The van der Waals surface area contributed by atoms with Crippen LogP contribution in [0, 0.1) is 0 Å². The van der Waals surface area contributed by atoms with E-state index in [-0.39, 0.29) is 51.4 Å². The third-order valence-corrected chi connectivity index (χ3v) is 0.734. The molecule has 3 nitrogen and oxygen atoms in total. The maximum atomic E-state index is 9.40. The van der Waals surface area contributed by atoms with E-state index in [2.05, 4.69) is 4.18 Å². The molecule has 5 heteroatoms. The van der Waals surface area contributed by atoms with E-state index in [4.69, 9.17) is 0 Å². The molecule has 0 atom stereocenters. The van der Waals surface area contributed by atoms with Gasteiger partial charge in [0.25, 0.3) is 6.16 Å². The van der Waals surface area contributed by atoms with Crippen molar-refractivity contribution in [1.82, 2.24) is 0 Å². The van der Waals surface area contributed by atoms with Gasteiger partial charge in [0.2, 0.25) is 0 Å². The van der Waals surface area contributed by atoms with E-state index < -0.39 is 6.16 Å². The molecule has 0 fully saturated rings. The van der Waals surface area contributed by atoms with Crippen LogP contribution < -0.4 is 56.5 Å². The molecule has 0 heterocycles. The topological polar surface area (TPSA) is 49.4 Å². The van der Waals surface area contributed by atoms with Crippen molar-refractivity contribution in [3.05, 3.63) is 0 Å². The molecule has 0 rings (SSSR count). The molecule has 0 aliphatic rings. The first kappa shape index (κ1) is 12.0. The van der Waals surface area contributed by atoms with Crippen molar-refractivity contribution in [2.75, 3.05) is 5.75 Å². The van der Waals surface area contributed by atoms with Crippen LogP contribution in [0.15, 0.2) is 0 Å². The third-order valence-electron chi connectivity index (χ3n) is 0.245. The molecule has 0 amide bonds. The zero-order chi connectivity index (χ0) is 5.70. The van der Waals surface area contributed by atoms with E-state index in [1.54, 1.807) is 6.92 Å². The number of rotatable bonds is 2. The van der Waals surface area contributed by atoms with Crippen molar-refractivity contribution < 1.29 is 65.5 Å². The Balaban J connectivity index is 0. The predicted molar refractivity (Wildman–Crippen MR) is 24.6 cm³/mol. The SMILES string of the molecule is CCSOC(=O)[O-].[K+]. The van der Waals surface area contributed by atoms with Crippen LogP contribution in [0.4, 0.5) is 4.79 Å². The summed E-state index contributed by atoms with van der Waals surface area (Å²) < 4.78 is 3.91. The minimum atomic E-state index is -1.48. The Hall–Kier alpha value is 1.26. The second-order valence-electron chi connectivity index (χ2n) is 0.740. The molecule has 42 valence electrons. The number of hydrogen-bond donors (Lipinski definition) is 0. The second-order valence-corrected chi connectivity index (χ2v) is 1.72. The Bertz CT molecular complexity index is 67.5. The molecule has 0 N–H and O–H groups in total.